The summed E-state index contributed by atoms with van der Waals surface area (Å²) in [5.74, 6) is 1.66. The number of benzene rings is 3. The smallest absolute Gasteiger partial charge is 0.216 e. The van der Waals surface area contributed by atoms with Gasteiger partial charge in [0.15, 0.2) is 0 Å². The van der Waals surface area contributed by atoms with E-state index in [1.807, 2.05) is 49.5 Å². The Morgan fingerprint density at radius 1 is 0.872 bits per heavy atom. The van der Waals surface area contributed by atoms with Gasteiger partial charge in [-0.2, -0.15) is 0 Å². The van der Waals surface area contributed by atoms with E-state index < -0.39 is 0 Å². The monoisotopic (exact) mass is 793 g/mol. The van der Waals surface area contributed by atoms with E-state index in [1.54, 1.807) is 0 Å². The van der Waals surface area contributed by atoms with Crippen molar-refractivity contribution in [1.82, 2.24) is 19.5 Å². The molecule has 237 valence electrons. The third-order valence-corrected chi connectivity index (χ3v) is 9.50. The topological polar surface area (TPSA) is 56.7 Å². The van der Waals surface area contributed by atoms with Crippen LogP contribution in [0, 0.1) is 19.1 Å². The molecule has 0 atom stereocenters. The van der Waals surface area contributed by atoms with Crippen molar-refractivity contribution >= 4 is 38.7 Å². The predicted octanol–water partition coefficient (Wildman–Crippen LogP) is 10.5. The summed E-state index contributed by atoms with van der Waals surface area (Å²) in [7, 11) is 0. The largest absolute Gasteiger partial charge is 0.486 e. The van der Waals surface area contributed by atoms with Gasteiger partial charge >= 0.3 is 0 Å². The molecule has 0 amide bonds. The van der Waals surface area contributed by atoms with Crippen LogP contribution >= 0.6 is 0 Å². The van der Waals surface area contributed by atoms with E-state index in [0.29, 0.717) is 11.6 Å². The molecule has 7 aromatic rings. The Morgan fingerprint density at radius 3 is 2.53 bits per heavy atom. The Bertz CT molecular complexity index is 2270. The molecule has 0 N–H and O–H groups in total. The van der Waals surface area contributed by atoms with Gasteiger partial charge in [-0.05, 0) is 82.0 Å². The summed E-state index contributed by atoms with van der Waals surface area (Å²) in [4.78, 5) is 14.0. The Morgan fingerprint density at radius 2 is 1.72 bits per heavy atom. The zero-order valence-corrected chi connectivity index (χ0v) is 29.5. The first-order chi connectivity index (χ1) is 22.4. The molecule has 0 spiro atoms. The summed E-state index contributed by atoms with van der Waals surface area (Å²) in [6, 6.07) is 33.5. The molecule has 1 fully saturated rings. The number of allylic oxidation sites excluding steroid dienone is 2. The molecule has 1 saturated carbocycles. The fourth-order valence-electron chi connectivity index (χ4n) is 7.39. The molecule has 4 aromatic heterocycles. The SMILES string of the molecule is CC1=CC(C)(C)n2c(-c3[c-]cccc3)nc3cccc1c32.Cc1ccc2c(n1)oc1c(-c3cc(C4CCCC4)ccn3)[c-]ccc12.[Ir]. The van der Waals surface area contributed by atoms with Crippen LogP contribution in [0.15, 0.2) is 95.6 Å². The first-order valence-corrected chi connectivity index (χ1v) is 16.2. The van der Waals surface area contributed by atoms with Crippen molar-refractivity contribution in [3.05, 3.63) is 120 Å². The van der Waals surface area contributed by atoms with Crippen LogP contribution in [0.1, 0.15) is 69.2 Å². The first-order valence-electron chi connectivity index (χ1n) is 16.2. The van der Waals surface area contributed by atoms with Crippen LogP contribution in [0.25, 0.3) is 61.3 Å². The van der Waals surface area contributed by atoms with Crippen LogP contribution in [0.4, 0.5) is 0 Å². The van der Waals surface area contributed by atoms with E-state index in [0.717, 1.165) is 50.2 Å². The van der Waals surface area contributed by atoms with Gasteiger partial charge in [-0.3, -0.25) is 4.98 Å². The number of furan rings is 1. The maximum absolute atomic E-state index is 6.10. The van der Waals surface area contributed by atoms with Crippen molar-refractivity contribution in [3.8, 4) is 22.6 Å². The number of aromatic nitrogens is 4. The molecule has 6 heteroatoms. The third kappa shape index (κ3) is 5.54. The quantitative estimate of drug-likeness (QED) is 0.167. The number of pyridine rings is 2. The number of hydrogen-bond acceptors (Lipinski definition) is 4. The Labute approximate surface area is 289 Å². The number of imidazole rings is 1. The molecular formula is C41H36IrN4O-2. The van der Waals surface area contributed by atoms with Gasteiger partial charge in [0.1, 0.15) is 0 Å². The Kier molecular flexibility index (Phi) is 8.19. The summed E-state index contributed by atoms with van der Waals surface area (Å²) in [5.41, 5.74) is 11.6. The molecule has 5 heterocycles. The van der Waals surface area contributed by atoms with Crippen molar-refractivity contribution in [2.45, 2.75) is 64.8 Å². The van der Waals surface area contributed by atoms with E-state index in [1.165, 1.54) is 47.9 Å². The molecule has 9 rings (SSSR count). The van der Waals surface area contributed by atoms with Crippen LogP contribution < -0.4 is 0 Å². The fraction of sp³-hybridized carbons (Fsp3) is 0.244. The molecule has 5 nitrogen and oxygen atoms in total. The van der Waals surface area contributed by atoms with Gasteiger partial charge < -0.3 is 14.0 Å². The van der Waals surface area contributed by atoms with Gasteiger partial charge in [0.2, 0.25) is 5.71 Å². The van der Waals surface area contributed by atoms with Crippen molar-refractivity contribution in [1.29, 1.82) is 0 Å². The van der Waals surface area contributed by atoms with E-state index in [2.05, 4.69) is 96.0 Å². The summed E-state index contributed by atoms with van der Waals surface area (Å²) in [5, 5.41) is 2.12. The van der Waals surface area contributed by atoms with Crippen molar-refractivity contribution in [3.63, 3.8) is 0 Å². The second kappa shape index (κ2) is 12.3. The molecule has 0 unspecified atom stereocenters. The molecule has 3 aromatic carbocycles. The van der Waals surface area contributed by atoms with Crippen LogP contribution in [0.2, 0.25) is 0 Å². The number of fused-ring (bicyclic) bond motifs is 3. The summed E-state index contributed by atoms with van der Waals surface area (Å²) >= 11 is 0. The fourth-order valence-corrected chi connectivity index (χ4v) is 7.39. The van der Waals surface area contributed by atoms with Gasteiger partial charge in [-0.15, -0.1) is 54.1 Å². The zero-order valence-electron chi connectivity index (χ0n) is 27.1. The summed E-state index contributed by atoms with van der Waals surface area (Å²) < 4.78 is 8.45. The number of hydrogen-bond donors (Lipinski definition) is 0. The first kappa shape index (κ1) is 31.2. The average Bonchev–Trinajstić information content (AvgIpc) is 3.82. The van der Waals surface area contributed by atoms with Crippen LogP contribution in [-0.2, 0) is 25.6 Å². The number of aryl methyl sites for hydroxylation is 1. The molecular weight excluding hydrogens is 757 g/mol. The molecule has 1 aliphatic carbocycles. The third-order valence-electron chi connectivity index (χ3n) is 9.50. The van der Waals surface area contributed by atoms with Crippen LogP contribution in [-0.4, -0.2) is 19.5 Å². The van der Waals surface area contributed by atoms with Gasteiger partial charge in [0.25, 0.3) is 0 Å². The second-order valence-electron chi connectivity index (χ2n) is 13.2. The molecule has 1 aliphatic heterocycles. The normalized spacial score (nSPS) is 15.4. The number of nitrogens with zero attached hydrogens (tertiary/aromatic N) is 4. The van der Waals surface area contributed by atoms with Gasteiger partial charge in [0.05, 0.1) is 28.0 Å². The molecule has 2 aliphatic rings. The van der Waals surface area contributed by atoms with E-state index in [4.69, 9.17) is 9.40 Å². The summed E-state index contributed by atoms with van der Waals surface area (Å²) in [6.07, 6.45) is 9.47. The Hall–Kier alpha value is -4.38. The molecule has 1 radical (unpaired) electrons. The zero-order chi connectivity index (χ0) is 31.4. The molecule has 47 heavy (non-hydrogen) atoms. The van der Waals surface area contributed by atoms with Gasteiger partial charge in [-0.25, -0.2) is 4.98 Å². The molecule has 0 bridgehead atoms. The maximum Gasteiger partial charge on any atom is 0.216 e. The minimum atomic E-state index is -0.0911. The maximum atomic E-state index is 6.10. The summed E-state index contributed by atoms with van der Waals surface area (Å²) in [6.45, 7) is 8.63. The standard InChI is InChI=1S/C22H19N2O.C19H17N2.Ir/c1-14-9-10-18-17-7-4-8-19(21(17)25-22(18)24-14)20-13-16(11-12-23-20)15-5-2-3-6-15;1-13-12-19(2,3)21-17-15(13)10-7-11-16(17)20-18(21)14-8-5-4-6-9-14;/h4,7,9-13,15H,2-3,5-6H2,1H3;4-8,10-12H,1-3H3;/q2*-1;. The second-order valence-corrected chi connectivity index (χ2v) is 13.2. The average molecular weight is 793 g/mol. The van der Waals surface area contributed by atoms with Crippen LogP contribution in [0.5, 0.6) is 0 Å². The minimum Gasteiger partial charge on any atom is -0.486 e. The number of rotatable bonds is 3. The van der Waals surface area contributed by atoms with Crippen molar-refractivity contribution in [2.24, 2.45) is 0 Å². The van der Waals surface area contributed by atoms with E-state index in [9.17, 15) is 0 Å². The Balaban J connectivity index is 0.000000148. The minimum absolute atomic E-state index is 0. The van der Waals surface area contributed by atoms with Crippen LogP contribution in [0.3, 0.4) is 0 Å². The number of para-hydroxylation sites is 1. The van der Waals surface area contributed by atoms with Crippen molar-refractivity contribution in [2.75, 3.05) is 0 Å². The van der Waals surface area contributed by atoms with E-state index in [-0.39, 0.29) is 25.6 Å². The van der Waals surface area contributed by atoms with Gasteiger partial charge in [0, 0.05) is 42.9 Å². The predicted molar refractivity (Wildman–Crippen MR) is 187 cm³/mol. The van der Waals surface area contributed by atoms with Crippen molar-refractivity contribution < 1.29 is 24.5 Å². The molecule has 0 saturated heterocycles. The van der Waals surface area contributed by atoms with E-state index >= 15 is 0 Å². The van der Waals surface area contributed by atoms with Gasteiger partial charge in [-0.1, -0.05) is 53.6 Å².